The minimum atomic E-state index is -0.878. The molecule has 0 unspecified atom stereocenters. The number of carbonyl (C=O) groups is 2. The van der Waals surface area contributed by atoms with Gasteiger partial charge in [0.2, 0.25) is 5.91 Å². The molecule has 0 saturated carbocycles. The van der Waals surface area contributed by atoms with Gasteiger partial charge in [-0.15, -0.1) is 11.3 Å². The Bertz CT molecular complexity index is 593. The molecule has 2 aromatic rings. The van der Waals surface area contributed by atoms with Gasteiger partial charge in [0, 0.05) is 29.0 Å². The van der Waals surface area contributed by atoms with Crippen LogP contribution in [0.5, 0.6) is 0 Å². The number of benzene rings is 1. The van der Waals surface area contributed by atoms with E-state index in [4.69, 9.17) is 5.11 Å². The molecule has 0 aliphatic heterocycles. The van der Waals surface area contributed by atoms with Crippen LogP contribution in [0.25, 0.3) is 10.4 Å². The number of hydrogen-bond acceptors (Lipinski definition) is 3. The van der Waals surface area contributed by atoms with Gasteiger partial charge in [-0.25, -0.2) is 0 Å². The van der Waals surface area contributed by atoms with E-state index in [0.29, 0.717) is 6.42 Å². The molecule has 104 valence electrons. The van der Waals surface area contributed by atoms with E-state index in [1.54, 1.807) is 11.3 Å². The van der Waals surface area contributed by atoms with E-state index in [1.165, 1.54) is 0 Å². The lowest BCUT2D eigenvalue weighted by atomic mass is 10.1. The van der Waals surface area contributed by atoms with Crippen molar-refractivity contribution in [1.29, 1.82) is 0 Å². The third-order valence-corrected chi connectivity index (χ3v) is 3.69. The van der Waals surface area contributed by atoms with Crippen molar-refractivity contribution in [2.75, 3.05) is 5.32 Å². The average molecular weight is 289 g/mol. The second kappa shape index (κ2) is 6.86. The third-order valence-electron chi connectivity index (χ3n) is 2.78. The van der Waals surface area contributed by atoms with Crippen molar-refractivity contribution in [3.63, 3.8) is 0 Å². The van der Waals surface area contributed by atoms with Gasteiger partial charge in [-0.1, -0.05) is 24.3 Å². The van der Waals surface area contributed by atoms with Crippen LogP contribution in [0, 0.1) is 0 Å². The van der Waals surface area contributed by atoms with Crippen LogP contribution in [0.2, 0.25) is 0 Å². The number of carboxylic acids is 1. The standard InChI is InChI=1S/C15H15NO3S/c17-14(8-3-9-15(18)19)16-12-6-2-1-5-11(12)13-7-4-10-20-13/h1-2,4-7,10H,3,8-9H2,(H,16,17)(H,18,19). The van der Waals surface area contributed by atoms with E-state index in [1.807, 2.05) is 41.8 Å². The molecule has 1 amide bonds. The lowest BCUT2D eigenvalue weighted by Gasteiger charge is -2.09. The molecule has 0 aliphatic rings. The van der Waals surface area contributed by atoms with Crippen molar-refractivity contribution in [2.45, 2.75) is 19.3 Å². The van der Waals surface area contributed by atoms with E-state index in [-0.39, 0.29) is 18.7 Å². The van der Waals surface area contributed by atoms with Crippen LogP contribution in [0.1, 0.15) is 19.3 Å². The summed E-state index contributed by atoms with van der Waals surface area (Å²) in [4.78, 5) is 23.3. The molecule has 0 bridgehead atoms. The fourth-order valence-electron chi connectivity index (χ4n) is 1.85. The molecule has 0 saturated heterocycles. The van der Waals surface area contributed by atoms with E-state index in [0.717, 1.165) is 16.1 Å². The van der Waals surface area contributed by atoms with Crippen LogP contribution in [0.4, 0.5) is 5.69 Å². The zero-order valence-corrected chi connectivity index (χ0v) is 11.7. The quantitative estimate of drug-likeness (QED) is 0.853. The molecule has 0 radical (unpaired) electrons. The first-order chi connectivity index (χ1) is 9.66. The van der Waals surface area contributed by atoms with Crippen LogP contribution in [-0.4, -0.2) is 17.0 Å². The van der Waals surface area contributed by atoms with Crippen LogP contribution in [-0.2, 0) is 9.59 Å². The fourth-order valence-corrected chi connectivity index (χ4v) is 2.62. The minimum Gasteiger partial charge on any atom is -0.481 e. The highest BCUT2D eigenvalue weighted by molar-refractivity contribution is 7.13. The Kier molecular flexibility index (Phi) is 4.90. The highest BCUT2D eigenvalue weighted by Gasteiger charge is 2.09. The number of rotatable bonds is 6. The second-order valence-electron chi connectivity index (χ2n) is 4.32. The largest absolute Gasteiger partial charge is 0.481 e. The van der Waals surface area contributed by atoms with Crippen LogP contribution in [0.3, 0.4) is 0 Å². The van der Waals surface area contributed by atoms with Gasteiger partial charge in [-0.2, -0.15) is 0 Å². The highest BCUT2D eigenvalue weighted by atomic mass is 32.1. The predicted octanol–water partition coefficient (Wildman–Crippen LogP) is 3.61. The predicted molar refractivity (Wildman–Crippen MR) is 79.9 cm³/mol. The number of carbonyl (C=O) groups excluding carboxylic acids is 1. The van der Waals surface area contributed by atoms with Gasteiger partial charge < -0.3 is 10.4 Å². The number of aliphatic carboxylic acids is 1. The van der Waals surface area contributed by atoms with E-state index < -0.39 is 5.97 Å². The SMILES string of the molecule is O=C(O)CCCC(=O)Nc1ccccc1-c1cccs1. The van der Waals surface area contributed by atoms with Crippen molar-refractivity contribution in [3.05, 3.63) is 41.8 Å². The summed E-state index contributed by atoms with van der Waals surface area (Å²) in [5.41, 5.74) is 1.74. The van der Waals surface area contributed by atoms with Crippen molar-refractivity contribution in [3.8, 4) is 10.4 Å². The Morgan fingerprint density at radius 2 is 1.90 bits per heavy atom. The maximum Gasteiger partial charge on any atom is 0.303 e. The molecule has 0 aliphatic carbocycles. The van der Waals surface area contributed by atoms with Crippen molar-refractivity contribution >= 4 is 28.9 Å². The fraction of sp³-hybridized carbons (Fsp3) is 0.200. The zero-order valence-electron chi connectivity index (χ0n) is 10.8. The molecule has 1 aromatic carbocycles. The Morgan fingerprint density at radius 1 is 1.10 bits per heavy atom. The summed E-state index contributed by atoms with van der Waals surface area (Å²) < 4.78 is 0. The molecule has 4 nitrogen and oxygen atoms in total. The van der Waals surface area contributed by atoms with Crippen LogP contribution < -0.4 is 5.32 Å². The number of nitrogens with one attached hydrogen (secondary N) is 1. The van der Waals surface area contributed by atoms with Gasteiger partial charge in [0.15, 0.2) is 0 Å². The number of amides is 1. The molecule has 20 heavy (non-hydrogen) atoms. The summed E-state index contributed by atoms with van der Waals surface area (Å²) in [6.07, 6.45) is 0.577. The molecular weight excluding hydrogens is 274 g/mol. The molecule has 2 N–H and O–H groups in total. The second-order valence-corrected chi connectivity index (χ2v) is 5.27. The Labute approximate surface area is 121 Å². The van der Waals surface area contributed by atoms with Gasteiger partial charge in [0.25, 0.3) is 0 Å². The average Bonchev–Trinajstić information content (AvgIpc) is 2.92. The summed E-state index contributed by atoms with van der Waals surface area (Å²) in [5.74, 6) is -1.04. The number of carboxylic acid groups (broad SMARTS) is 1. The highest BCUT2D eigenvalue weighted by Crippen LogP contribution is 2.31. The van der Waals surface area contributed by atoms with E-state index in [9.17, 15) is 9.59 Å². The normalized spacial score (nSPS) is 10.2. The third kappa shape index (κ3) is 3.93. The summed E-state index contributed by atoms with van der Waals surface area (Å²) >= 11 is 1.61. The number of thiophene rings is 1. The first kappa shape index (κ1) is 14.3. The number of hydrogen-bond donors (Lipinski definition) is 2. The molecule has 1 aromatic heterocycles. The monoisotopic (exact) mass is 289 g/mol. The molecule has 5 heteroatoms. The van der Waals surface area contributed by atoms with Gasteiger partial charge in [0.1, 0.15) is 0 Å². The van der Waals surface area contributed by atoms with Crippen molar-refractivity contribution in [2.24, 2.45) is 0 Å². The van der Waals surface area contributed by atoms with Gasteiger partial charge in [-0.3, -0.25) is 9.59 Å². The minimum absolute atomic E-state index is 0.0139. The van der Waals surface area contributed by atoms with E-state index >= 15 is 0 Å². The molecular formula is C15H15NO3S. The molecule has 0 fully saturated rings. The van der Waals surface area contributed by atoms with Crippen molar-refractivity contribution < 1.29 is 14.7 Å². The smallest absolute Gasteiger partial charge is 0.303 e. The lowest BCUT2D eigenvalue weighted by molar-refractivity contribution is -0.137. The number of para-hydroxylation sites is 1. The van der Waals surface area contributed by atoms with Gasteiger partial charge >= 0.3 is 5.97 Å². The van der Waals surface area contributed by atoms with Gasteiger partial charge in [0.05, 0.1) is 0 Å². The first-order valence-electron chi connectivity index (χ1n) is 6.31. The first-order valence-corrected chi connectivity index (χ1v) is 7.19. The lowest BCUT2D eigenvalue weighted by Crippen LogP contribution is -2.12. The Morgan fingerprint density at radius 3 is 2.60 bits per heavy atom. The maximum absolute atomic E-state index is 11.8. The summed E-state index contributed by atoms with van der Waals surface area (Å²) in [6.45, 7) is 0. The summed E-state index contributed by atoms with van der Waals surface area (Å²) in [7, 11) is 0. The summed E-state index contributed by atoms with van der Waals surface area (Å²) in [6, 6.07) is 11.6. The molecule has 0 spiro atoms. The van der Waals surface area contributed by atoms with Crippen molar-refractivity contribution in [1.82, 2.24) is 0 Å². The topological polar surface area (TPSA) is 66.4 Å². The molecule has 1 heterocycles. The molecule has 2 rings (SSSR count). The Hall–Kier alpha value is -2.14. The van der Waals surface area contributed by atoms with Crippen LogP contribution >= 0.6 is 11.3 Å². The Balaban J connectivity index is 2.03. The maximum atomic E-state index is 11.8. The molecule has 0 atom stereocenters. The summed E-state index contributed by atoms with van der Waals surface area (Å²) in [5, 5.41) is 13.4. The van der Waals surface area contributed by atoms with E-state index in [2.05, 4.69) is 5.32 Å². The van der Waals surface area contributed by atoms with Crippen LogP contribution in [0.15, 0.2) is 41.8 Å². The number of anilines is 1. The zero-order chi connectivity index (χ0) is 14.4. The van der Waals surface area contributed by atoms with Gasteiger partial charge in [-0.05, 0) is 23.9 Å².